The molecular formula is C49H76O2. The summed E-state index contributed by atoms with van der Waals surface area (Å²) < 4.78 is 6.09. The maximum atomic E-state index is 12.8. The van der Waals surface area contributed by atoms with Crippen LogP contribution in [0.1, 0.15) is 164 Å². The summed E-state index contributed by atoms with van der Waals surface area (Å²) in [5.74, 6) is 5.15. The van der Waals surface area contributed by atoms with Crippen molar-refractivity contribution < 1.29 is 9.53 Å². The Balaban J connectivity index is 1.11. The second kappa shape index (κ2) is 21.4. The first-order chi connectivity index (χ1) is 24.7. The normalized spacial score (nSPS) is 31.7. The molecule has 0 aromatic heterocycles. The van der Waals surface area contributed by atoms with Gasteiger partial charge in [0.15, 0.2) is 0 Å². The van der Waals surface area contributed by atoms with Crippen LogP contribution >= 0.6 is 0 Å². The zero-order chi connectivity index (χ0) is 36.5. The summed E-state index contributed by atoms with van der Waals surface area (Å²) in [4.78, 5) is 12.8. The molecule has 0 saturated heterocycles. The summed E-state index contributed by atoms with van der Waals surface area (Å²) in [6.45, 7) is 14.8. The van der Waals surface area contributed by atoms with E-state index in [9.17, 15) is 4.79 Å². The minimum Gasteiger partial charge on any atom is -0.462 e. The standard InChI is InChI=1S/C49H76O2/c1-7-8-9-10-11-12-13-14-15-16-17-18-19-20-21-22-23-24-25-29-47(50)51-42-34-36-48(5)41(38-42)30-31-43-45-33-32-44(40(4)28-26-27-39(2)3)49(45,6)37-35-46(43)48/h8-9,11-12,14-15,17-18,20-21,23-24,30,39-40,42-46H,7,10,13,16,19,22,25-29,31-38H2,1-6H3/t40-,42?,43?,44-,45?,46?,48+,49-/m1/s1. The van der Waals surface area contributed by atoms with Gasteiger partial charge < -0.3 is 4.74 Å². The molecule has 51 heavy (non-hydrogen) atoms. The predicted octanol–water partition coefficient (Wildman–Crippen LogP) is 14.4. The lowest BCUT2D eigenvalue weighted by atomic mass is 9.47. The second-order valence-electron chi connectivity index (χ2n) is 17.6. The SMILES string of the molecule is CCC=CCC=CCC=CCC=CCC=CCC=CCCC(=O)OC1CC[C@@]2(C)C(=CCC3C2CC[C@@]2(C)C3CC[C@@H]2[C@H](C)CCCC(C)C)C1. The van der Waals surface area contributed by atoms with Gasteiger partial charge in [-0.05, 0) is 136 Å². The Morgan fingerprint density at radius 3 is 1.98 bits per heavy atom. The molecule has 4 aliphatic rings. The molecule has 0 N–H and O–H groups in total. The van der Waals surface area contributed by atoms with Crippen molar-refractivity contribution in [1.82, 2.24) is 0 Å². The average Bonchev–Trinajstić information content (AvgIpc) is 3.46. The smallest absolute Gasteiger partial charge is 0.306 e. The zero-order valence-corrected chi connectivity index (χ0v) is 33.8. The number of hydrogen-bond donors (Lipinski definition) is 0. The highest BCUT2D eigenvalue weighted by Gasteiger charge is 2.59. The second-order valence-corrected chi connectivity index (χ2v) is 17.6. The first-order valence-corrected chi connectivity index (χ1v) is 21.5. The van der Waals surface area contributed by atoms with Crippen molar-refractivity contribution >= 4 is 5.97 Å². The first kappa shape index (κ1) is 41.4. The topological polar surface area (TPSA) is 26.3 Å². The van der Waals surface area contributed by atoms with E-state index in [4.69, 9.17) is 4.74 Å². The van der Waals surface area contributed by atoms with Gasteiger partial charge in [0, 0.05) is 12.8 Å². The van der Waals surface area contributed by atoms with Gasteiger partial charge in [-0.3, -0.25) is 4.79 Å². The summed E-state index contributed by atoms with van der Waals surface area (Å²) in [5.41, 5.74) is 2.46. The van der Waals surface area contributed by atoms with Crippen LogP contribution in [0.2, 0.25) is 0 Å². The molecule has 8 atom stereocenters. The number of carbonyl (C=O) groups excluding carboxylic acids is 1. The average molecular weight is 697 g/mol. The van der Waals surface area contributed by atoms with Gasteiger partial charge in [-0.2, -0.15) is 0 Å². The largest absolute Gasteiger partial charge is 0.462 e. The lowest BCUT2D eigenvalue weighted by molar-refractivity contribution is -0.151. The third kappa shape index (κ3) is 12.1. The Labute approximate surface area is 315 Å². The molecule has 4 unspecified atom stereocenters. The van der Waals surface area contributed by atoms with Gasteiger partial charge in [-0.15, -0.1) is 0 Å². The van der Waals surface area contributed by atoms with E-state index in [1.165, 1.54) is 57.8 Å². The Morgan fingerprint density at radius 2 is 1.37 bits per heavy atom. The van der Waals surface area contributed by atoms with E-state index in [1.807, 2.05) is 0 Å². The van der Waals surface area contributed by atoms with E-state index in [1.54, 1.807) is 5.57 Å². The lowest BCUT2D eigenvalue weighted by Gasteiger charge is -2.58. The molecule has 0 heterocycles. The van der Waals surface area contributed by atoms with Gasteiger partial charge in [-0.1, -0.05) is 145 Å². The van der Waals surface area contributed by atoms with E-state index in [-0.39, 0.29) is 12.1 Å². The van der Waals surface area contributed by atoms with E-state index in [2.05, 4.69) is 121 Å². The van der Waals surface area contributed by atoms with Crippen molar-refractivity contribution in [3.05, 3.63) is 84.6 Å². The molecule has 0 aromatic carbocycles. The molecule has 0 spiro atoms. The summed E-state index contributed by atoms with van der Waals surface area (Å²) in [6, 6.07) is 0. The Hall–Kier alpha value is -2.35. The maximum absolute atomic E-state index is 12.8. The van der Waals surface area contributed by atoms with Crippen molar-refractivity contribution in [3.8, 4) is 0 Å². The molecule has 284 valence electrons. The van der Waals surface area contributed by atoms with Gasteiger partial charge in [0.1, 0.15) is 6.10 Å². The van der Waals surface area contributed by atoms with Crippen LogP contribution in [0.3, 0.4) is 0 Å². The molecule has 4 aliphatic carbocycles. The highest BCUT2D eigenvalue weighted by Crippen LogP contribution is 2.67. The van der Waals surface area contributed by atoms with Gasteiger partial charge in [0.2, 0.25) is 0 Å². The van der Waals surface area contributed by atoms with E-state index < -0.39 is 0 Å². The van der Waals surface area contributed by atoms with Gasteiger partial charge in [0.05, 0.1) is 0 Å². The van der Waals surface area contributed by atoms with Gasteiger partial charge >= 0.3 is 5.97 Å². The van der Waals surface area contributed by atoms with Crippen molar-refractivity contribution in [2.45, 2.75) is 170 Å². The Bertz CT molecular complexity index is 1260. The van der Waals surface area contributed by atoms with Crippen LogP contribution in [-0.2, 0) is 9.53 Å². The van der Waals surface area contributed by atoms with Crippen molar-refractivity contribution in [2.75, 3.05) is 0 Å². The van der Waals surface area contributed by atoms with E-state index >= 15 is 0 Å². The summed E-state index contributed by atoms with van der Waals surface area (Å²) in [5, 5.41) is 0. The van der Waals surface area contributed by atoms with Crippen LogP contribution in [0.5, 0.6) is 0 Å². The lowest BCUT2D eigenvalue weighted by Crippen LogP contribution is -2.51. The van der Waals surface area contributed by atoms with Crippen LogP contribution in [0.15, 0.2) is 84.6 Å². The monoisotopic (exact) mass is 697 g/mol. The molecule has 0 amide bonds. The molecule has 0 aliphatic heterocycles. The summed E-state index contributed by atoms with van der Waals surface area (Å²) >= 11 is 0. The highest BCUT2D eigenvalue weighted by atomic mass is 16.5. The minimum absolute atomic E-state index is 0.0228. The number of fused-ring (bicyclic) bond motifs is 5. The fourth-order valence-electron chi connectivity index (χ4n) is 10.8. The summed E-state index contributed by atoms with van der Waals surface area (Å²) in [7, 11) is 0. The molecule has 0 bridgehead atoms. The van der Waals surface area contributed by atoms with Gasteiger partial charge in [-0.25, -0.2) is 0 Å². The molecular weight excluding hydrogens is 621 g/mol. The zero-order valence-electron chi connectivity index (χ0n) is 33.8. The summed E-state index contributed by atoms with van der Waals surface area (Å²) in [6.07, 6.45) is 50.9. The van der Waals surface area contributed by atoms with Gasteiger partial charge in [0.25, 0.3) is 0 Å². The fraction of sp³-hybridized carbons (Fsp3) is 0.694. The third-order valence-corrected chi connectivity index (χ3v) is 13.7. The number of ether oxygens (including phenoxy) is 1. The van der Waals surface area contributed by atoms with Crippen molar-refractivity contribution in [3.63, 3.8) is 0 Å². The highest BCUT2D eigenvalue weighted by molar-refractivity contribution is 5.69. The minimum atomic E-state index is -0.0228. The van der Waals surface area contributed by atoms with Crippen LogP contribution in [0.25, 0.3) is 0 Å². The Kier molecular flexibility index (Phi) is 17.4. The van der Waals surface area contributed by atoms with Crippen LogP contribution in [-0.4, -0.2) is 12.1 Å². The van der Waals surface area contributed by atoms with Crippen LogP contribution in [0, 0.1) is 46.3 Å². The predicted molar refractivity (Wildman–Crippen MR) is 220 cm³/mol. The molecule has 3 fully saturated rings. The molecule has 0 radical (unpaired) electrons. The molecule has 0 aromatic rings. The van der Waals surface area contributed by atoms with Crippen molar-refractivity contribution in [1.29, 1.82) is 0 Å². The molecule has 2 heteroatoms. The number of rotatable bonds is 20. The Morgan fingerprint density at radius 1 is 0.765 bits per heavy atom. The molecule has 4 rings (SSSR count). The third-order valence-electron chi connectivity index (χ3n) is 13.7. The first-order valence-electron chi connectivity index (χ1n) is 21.5. The van der Waals surface area contributed by atoms with Crippen LogP contribution in [0.4, 0.5) is 0 Å². The number of carbonyl (C=O) groups is 1. The van der Waals surface area contributed by atoms with E-state index in [0.717, 1.165) is 93.3 Å². The number of hydrogen-bond acceptors (Lipinski definition) is 2. The van der Waals surface area contributed by atoms with Crippen LogP contribution < -0.4 is 0 Å². The van der Waals surface area contributed by atoms with Crippen molar-refractivity contribution in [2.24, 2.45) is 46.3 Å². The number of allylic oxidation sites excluding steroid dienone is 13. The maximum Gasteiger partial charge on any atom is 0.306 e. The number of esters is 1. The molecule has 3 saturated carbocycles. The fourth-order valence-corrected chi connectivity index (χ4v) is 10.8. The quantitative estimate of drug-likeness (QED) is 0.0935. The van der Waals surface area contributed by atoms with E-state index in [0.29, 0.717) is 17.3 Å². The molecule has 2 nitrogen and oxygen atoms in total.